The van der Waals surface area contributed by atoms with Gasteiger partial charge in [0.25, 0.3) is 0 Å². The summed E-state index contributed by atoms with van der Waals surface area (Å²) < 4.78 is 0. The van der Waals surface area contributed by atoms with Crippen molar-refractivity contribution in [2.45, 2.75) is 45.6 Å². The molecule has 1 aliphatic carbocycles. The highest BCUT2D eigenvalue weighted by Crippen LogP contribution is 2.48. The van der Waals surface area contributed by atoms with Crippen molar-refractivity contribution in [1.82, 2.24) is 0 Å². The van der Waals surface area contributed by atoms with Crippen molar-refractivity contribution in [3.8, 4) is 0 Å². The molecule has 2 rings (SSSR count). The Morgan fingerprint density at radius 3 is 2.69 bits per heavy atom. The lowest BCUT2D eigenvalue weighted by atomic mass is 9.66. The van der Waals surface area contributed by atoms with E-state index in [0.29, 0.717) is 6.61 Å². The summed E-state index contributed by atoms with van der Waals surface area (Å²) in [5.74, 6) is 0. The lowest BCUT2D eigenvalue weighted by Gasteiger charge is -2.46. The van der Waals surface area contributed by atoms with Gasteiger partial charge in [-0.05, 0) is 37.2 Å². The molecule has 13 heavy (non-hydrogen) atoms. The van der Waals surface area contributed by atoms with E-state index in [0.717, 1.165) is 6.42 Å². The average molecular weight is 182 g/mol. The molecule has 74 valence electrons. The highest BCUT2D eigenvalue weighted by atomic mass is 17.2. The Balaban J connectivity index is 2.36. The minimum atomic E-state index is -0.153. The van der Waals surface area contributed by atoms with E-state index in [4.69, 9.17) is 9.78 Å². The van der Waals surface area contributed by atoms with E-state index < -0.39 is 0 Å². The maximum atomic E-state index is 5.44. The second-order valence-corrected chi connectivity index (χ2v) is 4.95. The van der Waals surface area contributed by atoms with E-state index in [9.17, 15) is 0 Å². The molecule has 1 atom stereocenters. The smallest absolute Gasteiger partial charge is 0.122 e. The van der Waals surface area contributed by atoms with Crippen LogP contribution >= 0.6 is 0 Å². The third-order valence-electron chi connectivity index (χ3n) is 3.35. The van der Waals surface area contributed by atoms with Crippen molar-refractivity contribution >= 4 is 0 Å². The molecule has 2 aliphatic rings. The van der Waals surface area contributed by atoms with Crippen molar-refractivity contribution in [3.05, 3.63) is 11.6 Å². The predicted octanol–water partition coefficient (Wildman–Crippen LogP) is 2.84. The van der Waals surface area contributed by atoms with Crippen LogP contribution in [-0.4, -0.2) is 12.2 Å². The molecule has 1 unspecified atom stereocenters. The quantitative estimate of drug-likeness (QED) is 0.423. The summed E-state index contributed by atoms with van der Waals surface area (Å²) in [5, 5.41) is 0. The van der Waals surface area contributed by atoms with Crippen LogP contribution in [0, 0.1) is 5.41 Å². The zero-order valence-electron chi connectivity index (χ0n) is 8.72. The first kappa shape index (κ1) is 9.22. The Hall–Kier alpha value is -0.340. The molecule has 0 radical (unpaired) electrons. The summed E-state index contributed by atoms with van der Waals surface area (Å²) >= 11 is 0. The van der Waals surface area contributed by atoms with Gasteiger partial charge in [0.2, 0.25) is 0 Å². The second-order valence-electron chi connectivity index (χ2n) is 4.95. The van der Waals surface area contributed by atoms with E-state index in [2.05, 4.69) is 26.8 Å². The number of fused-ring (bicyclic) bond motifs is 1. The van der Waals surface area contributed by atoms with Crippen molar-refractivity contribution in [2.24, 2.45) is 5.41 Å². The fourth-order valence-electron chi connectivity index (χ4n) is 2.71. The second kappa shape index (κ2) is 2.82. The Bertz CT molecular complexity index is 242. The van der Waals surface area contributed by atoms with Gasteiger partial charge in [0, 0.05) is 0 Å². The maximum Gasteiger partial charge on any atom is 0.122 e. The first-order chi connectivity index (χ1) is 6.05. The van der Waals surface area contributed by atoms with Gasteiger partial charge in [0.15, 0.2) is 0 Å². The van der Waals surface area contributed by atoms with E-state index in [1.807, 2.05) is 0 Å². The third-order valence-corrected chi connectivity index (χ3v) is 3.35. The van der Waals surface area contributed by atoms with E-state index >= 15 is 0 Å². The Morgan fingerprint density at radius 2 is 2.00 bits per heavy atom. The van der Waals surface area contributed by atoms with Crippen LogP contribution in [0.15, 0.2) is 11.6 Å². The molecule has 0 spiro atoms. The molecule has 1 aliphatic heterocycles. The summed E-state index contributed by atoms with van der Waals surface area (Å²) in [6, 6.07) is 0. The lowest BCUT2D eigenvalue weighted by molar-refractivity contribution is -0.355. The zero-order valence-corrected chi connectivity index (χ0v) is 8.72. The minimum Gasteiger partial charge on any atom is -0.232 e. The van der Waals surface area contributed by atoms with Crippen molar-refractivity contribution in [1.29, 1.82) is 0 Å². The van der Waals surface area contributed by atoms with Crippen LogP contribution < -0.4 is 0 Å². The zero-order chi connectivity index (χ0) is 9.53. The van der Waals surface area contributed by atoms with Gasteiger partial charge in [-0.25, -0.2) is 9.78 Å². The molecule has 1 heterocycles. The SMILES string of the molecule is CC1(C)CCCC2(C)OOCC=C12. The van der Waals surface area contributed by atoms with Gasteiger partial charge in [0.1, 0.15) is 12.2 Å². The summed E-state index contributed by atoms with van der Waals surface area (Å²) in [4.78, 5) is 10.5. The van der Waals surface area contributed by atoms with Crippen LogP contribution in [0.2, 0.25) is 0 Å². The monoisotopic (exact) mass is 182 g/mol. The molecule has 0 bridgehead atoms. The standard InChI is InChI=1S/C11H18O2/c1-10(2)6-4-7-11(3)9(10)5-8-12-13-11/h5H,4,6-8H2,1-3H3. The summed E-state index contributed by atoms with van der Waals surface area (Å²) in [6.07, 6.45) is 5.77. The average Bonchev–Trinajstić information content (AvgIpc) is 2.02. The molecule has 0 aromatic heterocycles. The molecule has 0 N–H and O–H groups in total. The number of hydrogen-bond donors (Lipinski definition) is 0. The Morgan fingerprint density at radius 1 is 1.23 bits per heavy atom. The summed E-state index contributed by atoms with van der Waals surface area (Å²) in [7, 11) is 0. The highest BCUT2D eigenvalue weighted by Gasteiger charge is 2.44. The minimum absolute atomic E-state index is 0.153. The fourth-order valence-corrected chi connectivity index (χ4v) is 2.71. The van der Waals surface area contributed by atoms with Crippen molar-refractivity contribution < 1.29 is 9.78 Å². The number of rotatable bonds is 0. The Kier molecular flexibility index (Phi) is 2.00. The molecule has 0 aromatic carbocycles. The summed E-state index contributed by atoms with van der Waals surface area (Å²) in [5.41, 5.74) is 1.56. The van der Waals surface area contributed by atoms with E-state index in [1.54, 1.807) is 0 Å². The molecule has 0 amide bonds. The van der Waals surface area contributed by atoms with Gasteiger partial charge in [-0.2, -0.15) is 0 Å². The first-order valence-corrected chi connectivity index (χ1v) is 5.06. The van der Waals surface area contributed by atoms with Crippen LogP contribution in [0.4, 0.5) is 0 Å². The lowest BCUT2D eigenvalue weighted by Crippen LogP contribution is -2.44. The largest absolute Gasteiger partial charge is 0.232 e. The molecule has 1 fully saturated rings. The van der Waals surface area contributed by atoms with Gasteiger partial charge < -0.3 is 0 Å². The molecule has 0 aromatic rings. The Labute approximate surface area is 79.8 Å². The van der Waals surface area contributed by atoms with Crippen LogP contribution in [0.1, 0.15) is 40.0 Å². The predicted molar refractivity (Wildman–Crippen MR) is 51.2 cm³/mol. The van der Waals surface area contributed by atoms with Crippen LogP contribution in [0.3, 0.4) is 0 Å². The van der Waals surface area contributed by atoms with Crippen LogP contribution in [-0.2, 0) is 9.78 Å². The molecule has 0 saturated heterocycles. The maximum absolute atomic E-state index is 5.44. The third kappa shape index (κ3) is 1.42. The van der Waals surface area contributed by atoms with Gasteiger partial charge in [-0.1, -0.05) is 19.9 Å². The van der Waals surface area contributed by atoms with Gasteiger partial charge >= 0.3 is 0 Å². The van der Waals surface area contributed by atoms with Crippen molar-refractivity contribution in [3.63, 3.8) is 0 Å². The molecular weight excluding hydrogens is 164 g/mol. The number of hydrogen-bond acceptors (Lipinski definition) is 2. The summed E-state index contributed by atoms with van der Waals surface area (Å²) in [6.45, 7) is 7.34. The van der Waals surface area contributed by atoms with Gasteiger partial charge in [0.05, 0.1) is 0 Å². The molecular formula is C11H18O2. The van der Waals surface area contributed by atoms with E-state index in [1.165, 1.54) is 18.4 Å². The van der Waals surface area contributed by atoms with Gasteiger partial charge in [-0.15, -0.1) is 0 Å². The topological polar surface area (TPSA) is 18.5 Å². The van der Waals surface area contributed by atoms with Gasteiger partial charge in [-0.3, -0.25) is 0 Å². The van der Waals surface area contributed by atoms with Crippen LogP contribution in [0.25, 0.3) is 0 Å². The molecule has 2 heteroatoms. The normalized spacial score (nSPS) is 37.9. The molecule has 1 saturated carbocycles. The van der Waals surface area contributed by atoms with E-state index in [-0.39, 0.29) is 11.0 Å². The fraction of sp³-hybridized carbons (Fsp3) is 0.818. The first-order valence-electron chi connectivity index (χ1n) is 5.06. The van der Waals surface area contributed by atoms with Crippen LogP contribution in [0.5, 0.6) is 0 Å². The van der Waals surface area contributed by atoms with Crippen molar-refractivity contribution in [2.75, 3.05) is 6.61 Å². The highest BCUT2D eigenvalue weighted by molar-refractivity contribution is 5.26. The molecule has 2 nitrogen and oxygen atoms in total.